The van der Waals surface area contributed by atoms with Crippen LogP contribution in [0.2, 0.25) is 10.0 Å². The minimum atomic E-state index is -0.405. The molecular formula is C22H16Cl2N4O3. The molecule has 156 valence electrons. The fraction of sp³-hybridized carbons (Fsp3) is 0.227. The largest absolute Gasteiger partial charge is 0.454 e. The Kier molecular flexibility index (Phi) is 4.23. The van der Waals surface area contributed by atoms with E-state index in [0.29, 0.717) is 39.7 Å². The number of hydrogen-bond donors (Lipinski definition) is 1. The fourth-order valence-electron chi connectivity index (χ4n) is 4.31. The number of nitrogens with one attached hydrogen (secondary N) is 1. The third-order valence-corrected chi connectivity index (χ3v) is 6.50. The lowest BCUT2D eigenvalue weighted by Gasteiger charge is -2.32. The summed E-state index contributed by atoms with van der Waals surface area (Å²) in [5, 5.41) is 8.98. The van der Waals surface area contributed by atoms with Crippen LogP contribution in [0.4, 0.5) is 5.95 Å². The molecule has 7 nitrogen and oxygen atoms in total. The highest BCUT2D eigenvalue weighted by molar-refractivity contribution is 6.42. The predicted octanol–water partition coefficient (Wildman–Crippen LogP) is 5.00. The van der Waals surface area contributed by atoms with Crippen LogP contribution in [0.3, 0.4) is 0 Å². The topological polar surface area (TPSA) is 78.3 Å². The molecule has 0 amide bonds. The van der Waals surface area contributed by atoms with Gasteiger partial charge in [-0.3, -0.25) is 4.79 Å². The summed E-state index contributed by atoms with van der Waals surface area (Å²) in [5.74, 6) is 2.55. The molecule has 0 radical (unpaired) electrons. The van der Waals surface area contributed by atoms with Gasteiger partial charge in [0.15, 0.2) is 23.1 Å². The van der Waals surface area contributed by atoms with E-state index >= 15 is 0 Å². The molecule has 6 rings (SSSR count). The van der Waals surface area contributed by atoms with E-state index in [4.69, 9.17) is 42.8 Å². The van der Waals surface area contributed by atoms with Crippen molar-refractivity contribution < 1.29 is 14.3 Å². The predicted molar refractivity (Wildman–Crippen MR) is 116 cm³/mol. The second-order valence-corrected chi connectivity index (χ2v) is 8.46. The first kappa shape index (κ1) is 18.7. The Bertz CT molecular complexity index is 1280. The Balaban J connectivity index is 1.51. The molecule has 0 bridgehead atoms. The van der Waals surface area contributed by atoms with Gasteiger partial charge in [-0.25, -0.2) is 4.68 Å². The number of allylic oxidation sites excluding steroid dienone is 2. The number of ketones is 1. The molecule has 3 aromatic rings. The molecule has 1 unspecified atom stereocenters. The summed E-state index contributed by atoms with van der Waals surface area (Å²) in [7, 11) is 0. The van der Waals surface area contributed by atoms with E-state index in [2.05, 4.69) is 5.32 Å². The van der Waals surface area contributed by atoms with E-state index in [1.807, 2.05) is 24.3 Å². The molecule has 3 heterocycles. The van der Waals surface area contributed by atoms with Gasteiger partial charge < -0.3 is 14.8 Å². The summed E-state index contributed by atoms with van der Waals surface area (Å²) in [6, 6.07) is 10.6. The van der Waals surface area contributed by atoms with Crippen molar-refractivity contribution in [3.8, 4) is 22.9 Å². The lowest BCUT2D eigenvalue weighted by Crippen LogP contribution is -2.31. The summed E-state index contributed by atoms with van der Waals surface area (Å²) >= 11 is 12.3. The minimum absolute atomic E-state index is 0.119. The Morgan fingerprint density at radius 2 is 1.90 bits per heavy atom. The van der Waals surface area contributed by atoms with Crippen LogP contribution < -0.4 is 14.8 Å². The minimum Gasteiger partial charge on any atom is -0.454 e. The first-order chi connectivity index (χ1) is 15.1. The van der Waals surface area contributed by atoms with Crippen molar-refractivity contribution in [1.29, 1.82) is 0 Å². The van der Waals surface area contributed by atoms with Crippen LogP contribution in [0.15, 0.2) is 47.7 Å². The molecule has 1 aliphatic carbocycles. The smallest absolute Gasteiger partial charge is 0.231 e. The van der Waals surface area contributed by atoms with Gasteiger partial charge in [-0.2, -0.15) is 4.98 Å². The number of benzene rings is 2. The number of aromatic nitrogens is 3. The number of halogens is 2. The van der Waals surface area contributed by atoms with E-state index < -0.39 is 6.04 Å². The van der Waals surface area contributed by atoms with Crippen molar-refractivity contribution in [3.05, 3.63) is 63.3 Å². The number of Topliss-reactive ketones (excluding diaryl/α,β-unsaturated/α-hetero) is 1. The van der Waals surface area contributed by atoms with Gasteiger partial charge in [0, 0.05) is 23.3 Å². The summed E-state index contributed by atoms with van der Waals surface area (Å²) in [6.45, 7) is 0.188. The number of nitrogens with zero attached hydrogens (tertiary/aromatic N) is 3. The van der Waals surface area contributed by atoms with Crippen molar-refractivity contribution >= 4 is 34.9 Å². The lowest BCUT2D eigenvalue weighted by molar-refractivity contribution is -0.116. The molecule has 2 aliphatic heterocycles. The maximum Gasteiger partial charge on any atom is 0.231 e. The molecule has 1 N–H and O–H groups in total. The molecule has 9 heteroatoms. The normalized spacial score (nSPS) is 19.2. The number of ether oxygens (including phenoxy) is 2. The highest BCUT2D eigenvalue weighted by atomic mass is 35.5. The van der Waals surface area contributed by atoms with Crippen LogP contribution in [0.25, 0.3) is 11.4 Å². The Morgan fingerprint density at radius 1 is 1.03 bits per heavy atom. The Morgan fingerprint density at radius 3 is 2.77 bits per heavy atom. The van der Waals surface area contributed by atoms with Gasteiger partial charge >= 0.3 is 0 Å². The van der Waals surface area contributed by atoms with Crippen molar-refractivity contribution in [2.75, 3.05) is 12.1 Å². The van der Waals surface area contributed by atoms with E-state index in [1.165, 1.54) is 0 Å². The summed E-state index contributed by atoms with van der Waals surface area (Å²) in [5.41, 5.74) is 3.26. The molecular weight excluding hydrogens is 439 g/mol. The number of fused-ring (bicyclic) bond motifs is 2. The zero-order valence-electron chi connectivity index (χ0n) is 16.2. The molecule has 0 saturated carbocycles. The van der Waals surface area contributed by atoms with Gasteiger partial charge in [0.1, 0.15) is 6.04 Å². The summed E-state index contributed by atoms with van der Waals surface area (Å²) in [6.07, 6.45) is 2.12. The first-order valence-corrected chi connectivity index (χ1v) is 10.7. The third-order valence-electron chi connectivity index (χ3n) is 5.76. The highest BCUT2D eigenvalue weighted by Crippen LogP contribution is 2.43. The van der Waals surface area contributed by atoms with Gasteiger partial charge in [0.2, 0.25) is 12.7 Å². The van der Waals surface area contributed by atoms with E-state index in [9.17, 15) is 4.79 Å². The van der Waals surface area contributed by atoms with Gasteiger partial charge in [0.25, 0.3) is 0 Å². The third kappa shape index (κ3) is 2.99. The highest BCUT2D eigenvalue weighted by Gasteiger charge is 2.37. The average Bonchev–Trinajstić information content (AvgIpc) is 3.40. The monoisotopic (exact) mass is 454 g/mol. The Hall–Kier alpha value is -3.03. The molecule has 3 aliphatic rings. The van der Waals surface area contributed by atoms with Crippen LogP contribution in [0, 0.1) is 0 Å². The Labute approximate surface area is 187 Å². The van der Waals surface area contributed by atoms with Gasteiger partial charge in [-0.05, 0) is 48.7 Å². The molecule has 31 heavy (non-hydrogen) atoms. The number of anilines is 1. The number of rotatable bonds is 2. The zero-order valence-corrected chi connectivity index (χ0v) is 17.7. The SMILES string of the molecule is O=C1CCCC2=C1C(c1ccc3c(c1)OCO3)n1nc(-c3ccc(Cl)c(Cl)c3)nc1N2. The number of hydrogen-bond acceptors (Lipinski definition) is 6. The number of carbonyl (C=O) groups excluding carboxylic acids is 1. The van der Waals surface area contributed by atoms with E-state index in [1.54, 1.807) is 16.8 Å². The quantitative estimate of drug-likeness (QED) is 0.586. The standard InChI is InChI=1S/C22H16Cl2N4O3/c23-13-6-4-12(8-14(13)24)21-26-22-25-15-2-1-3-16(29)19(15)20(28(22)27-21)11-5-7-17-18(9-11)31-10-30-17/h4-9,20H,1-3,10H2,(H,25,26,27). The molecule has 1 atom stereocenters. The maximum atomic E-state index is 13.0. The van der Waals surface area contributed by atoms with Gasteiger partial charge in [0.05, 0.1) is 10.0 Å². The van der Waals surface area contributed by atoms with Crippen LogP contribution >= 0.6 is 23.2 Å². The van der Waals surface area contributed by atoms with Crippen LogP contribution in [0.5, 0.6) is 11.5 Å². The number of carbonyl (C=O) groups is 1. The van der Waals surface area contributed by atoms with Crippen LogP contribution in [-0.4, -0.2) is 27.3 Å². The van der Waals surface area contributed by atoms with E-state index in [-0.39, 0.29) is 12.6 Å². The van der Waals surface area contributed by atoms with Crippen molar-refractivity contribution in [1.82, 2.24) is 14.8 Å². The summed E-state index contributed by atoms with van der Waals surface area (Å²) in [4.78, 5) is 17.7. The zero-order chi connectivity index (χ0) is 21.1. The van der Waals surface area contributed by atoms with Gasteiger partial charge in [-0.15, -0.1) is 5.10 Å². The average molecular weight is 455 g/mol. The van der Waals surface area contributed by atoms with Crippen molar-refractivity contribution in [2.45, 2.75) is 25.3 Å². The lowest BCUT2D eigenvalue weighted by atomic mass is 9.85. The molecule has 0 saturated heterocycles. The molecule has 0 spiro atoms. The molecule has 1 aromatic heterocycles. The first-order valence-electron chi connectivity index (χ1n) is 9.93. The maximum absolute atomic E-state index is 13.0. The van der Waals surface area contributed by atoms with Crippen molar-refractivity contribution in [2.24, 2.45) is 0 Å². The summed E-state index contributed by atoms with van der Waals surface area (Å²) < 4.78 is 12.8. The van der Waals surface area contributed by atoms with Crippen LogP contribution in [0.1, 0.15) is 30.9 Å². The second-order valence-electron chi connectivity index (χ2n) is 7.64. The fourth-order valence-corrected chi connectivity index (χ4v) is 4.60. The second kappa shape index (κ2) is 7.00. The van der Waals surface area contributed by atoms with Crippen LogP contribution in [-0.2, 0) is 4.79 Å². The van der Waals surface area contributed by atoms with Crippen molar-refractivity contribution in [3.63, 3.8) is 0 Å². The molecule has 2 aromatic carbocycles. The molecule has 0 fully saturated rings. The van der Waals surface area contributed by atoms with Gasteiger partial charge in [-0.1, -0.05) is 29.3 Å². The van der Waals surface area contributed by atoms with E-state index in [0.717, 1.165) is 35.2 Å².